The van der Waals surface area contributed by atoms with E-state index in [2.05, 4.69) is 15.1 Å². The van der Waals surface area contributed by atoms with Crippen molar-refractivity contribution in [3.05, 3.63) is 30.4 Å². The average Bonchev–Trinajstić information content (AvgIpc) is 2.86. The summed E-state index contributed by atoms with van der Waals surface area (Å²) in [4.78, 5) is 8.10. The zero-order valence-electron chi connectivity index (χ0n) is 9.41. The van der Waals surface area contributed by atoms with E-state index in [4.69, 9.17) is 0 Å². The molecule has 6 heteroatoms. The lowest BCUT2D eigenvalue weighted by Gasteiger charge is -2.10. The van der Waals surface area contributed by atoms with Crippen molar-refractivity contribution in [2.24, 2.45) is 7.05 Å². The molecule has 0 radical (unpaired) electrons. The molecule has 0 saturated heterocycles. The minimum atomic E-state index is -0.595. The molecule has 2 rings (SSSR count). The third-order valence-corrected chi connectivity index (χ3v) is 2.57. The minimum Gasteiger partial charge on any atom is -0.386 e. The fourth-order valence-electron chi connectivity index (χ4n) is 1.68. The number of aromatic nitrogens is 5. The van der Waals surface area contributed by atoms with Crippen LogP contribution in [0, 0.1) is 0 Å². The van der Waals surface area contributed by atoms with Gasteiger partial charge in [0.25, 0.3) is 0 Å². The highest BCUT2D eigenvalue weighted by molar-refractivity contribution is 5.05. The molecule has 2 heterocycles. The highest BCUT2D eigenvalue weighted by Gasteiger charge is 2.15. The number of nitrogens with zero attached hydrogens (tertiary/aromatic N) is 5. The average molecular weight is 221 g/mol. The van der Waals surface area contributed by atoms with Crippen molar-refractivity contribution < 1.29 is 5.11 Å². The number of imidazole rings is 1. The summed E-state index contributed by atoms with van der Waals surface area (Å²) in [5.74, 6) is 0.788. The molecule has 1 N–H and O–H groups in total. The Bertz CT molecular complexity index is 461. The Kier molecular flexibility index (Phi) is 3.00. The molecule has 0 bridgehead atoms. The van der Waals surface area contributed by atoms with E-state index in [1.807, 2.05) is 14.0 Å². The van der Waals surface area contributed by atoms with Gasteiger partial charge in [-0.3, -0.25) is 4.68 Å². The first-order chi connectivity index (χ1) is 7.72. The number of rotatable bonds is 4. The summed E-state index contributed by atoms with van der Waals surface area (Å²) < 4.78 is 3.58. The summed E-state index contributed by atoms with van der Waals surface area (Å²) in [5.41, 5.74) is 0.783. The van der Waals surface area contributed by atoms with E-state index in [-0.39, 0.29) is 0 Å². The van der Waals surface area contributed by atoms with Gasteiger partial charge in [-0.05, 0) is 6.92 Å². The molecule has 2 aromatic heterocycles. The predicted molar refractivity (Wildman–Crippen MR) is 57.6 cm³/mol. The summed E-state index contributed by atoms with van der Waals surface area (Å²) in [7, 11) is 1.86. The fraction of sp³-hybridized carbons (Fsp3) is 0.500. The normalized spacial score (nSPS) is 12.9. The largest absolute Gasteiger partial charge is 0.386 e. The van der Waals surface area contributed by atoms with Crippen molar-refractivity contribution >= 4 is 0 Å². The van der Waals surface area contributed by atoms with Crippen LogP contribution in [-0.4, -0.2) is 29.4 Å². The summed E-state index contributed by atoms with van der Waals surface area (Å²) in [6, 6.07) is 0. The lowest BCUT2D eigenvalue weighted by Crippen LogP contribution is -2.11. The van der Waals surface area contributed by atoms with Crippen molar-refractivity contribution in [1.29, 1.82) is 0 Å². The van der Waals surface area contributed by atoms with E-state index < -0.39 is 6.10 Å². The van der Waals surface area contributed by atoms with E-state index >= 15 is 0 Å². The second-order valence-electron chi connectivity index (χ2n) is 3.64. The van der Waals surface area contributed by atoms with E-state index in [0.717, 1.165) is 18.1 Å². The van der Waals surface area contributed by atoms with Crippen molar-refractivity contribution in [2.75, 3.05) is 0 Å². The monoisotopic (exact) mass is 221 g/mol. The molecule has 0 spiro atoms. The van der Waals surface area contributed by atoms with Crippen LogP contribution in [0.5, 0.6) is 0 Å². The number of hydrogen-bond donors (Lipinski definition) is 1. The van der Waals surface area contributed by atoms with Crippen LogP contribution >= 0.6 is 0 Å². The molecule has 6 nitrogen and oxygen atoms in total. The molecular weight excluding hydrogens is 206 g/mol. The summed E-state index contributed by atoms with van der Waals surface area (Å²) in [6.07, 6.45) is 4.70. The van der Waals surface area contributed by atoms with Gasteiger partial charge in [-0.1, -0.05) is 0 Å². The Morgan fingerprint density at radius 1 is 1.50 bits per heavy atom. The predicted octanol–water partition coefficient (Wildman–Crippen LogP) is 0.308. The van der Waals surface area contributed by atoms with Crippen molar-refractivity contribution in [1.82, 2.24) is 24.3 Å². The summed E-state index contributed by atoms with van der Waals surface area (Å²) >= 11 is 0. The maximum atomic E-state index is 10.0. The molecule has 16 heavy (non-hydrogen) atoms. The van der Waals surface area contributed by atoms with Gasteiger partial charge in [0.1, 0.15) is 18.3 Å². The van der Waals surface area contributed by atoms with Crippen molar-refractivity contribution in [3.63, 3.8) is 0 Å². The molecule has 0 aliphatic heterocycles. The van der Waals surface area contributed by atoms with E-state index in [1.54, 1.807) is 21.8 Å². The maximum absolute atomic E-state index is 10.0. The molecule has 0 amide bonds. The van der Waals surface area contributed by atoms with Crippen LogP contribution in [0.1, 0.15) is 24.5 Å². The highest BCUT2D eigenvalue weighted by Crippen LogP contribution is 2.15. The first-order valence-corrected chi connectivity index (χ1v) is 5.23. The highest BCUT2D eigenvalue weighted by atomic mass is 16.3. The van der Waals surface area contributed by atoms with Crippen molar-refractivity contribution in [3.8, 4) is 0 Å². The Balaban J connectivity index is 2.13. The van der Waals surface area contributed by atoms with Gasteiger partial charge in [0.05, 0.1) is 18.2 Å². The standard InChI is InChI=1S/C10H15N5O/c1-3-15-10(12-6-13-15)4-9(16)8-5-11-7-14(8)2/h5-7,9,16H,3-4H2,1-2H3. The van der Waals surface area contributed by atoms with Crippen molar-refractivity contribution in [2.45, 2.75) is 26.0 Å². The molecule has 1 atom stereocenters. The molecule has 0 saturated carbocycles. The quantitative estimate of drug-likeness (QED) is 0.806. The molecule has 2 aromatic rings. The van der Waals surface area contributed by atoms with Crippen LogP contribution in [0.25, 0.3) is 0 Å². The Morgan fingerprint density at radius 2 is 2.31 bits per heavy atom. The molecule has 86 valence electrons. The zero-order valence-corrected chi connectivity index (χ0v) is 9.41. The molecule has 1 unspecified atom stereocenters. The second kappa shape index (κ2) is 4.44. The Morgan fingerprint density at radius 3 is 2.94 bits per heavy atom. The minimum absolute atomic E-state index is 0.452. The Hall–Kier alpha value is -1.69. The topological polar surface area (TPSA) is 68.8 Å². The van der Waals surface area contributed by atoms with E-state index in [1.165, 1.54) is 6.33 Å². The van der Waals surface area contributed by atoms with Gasteiger partial charge in [0.15, 0.2) is 0 Å². The maximum Gasteiger partial charge on any atom is 0.138 e. The fourth-order valence-corrected chi connectivity index (χ4v) is 1.68. The second-order valence-corrected chi connectivity index (χ2v) is 3.64. The van der Waals surface area contributed by atoms with E-state index in [0.29, 0.717) is 6.42 Å². The number of aryl methyl sites for hydroxylation is 2. The third kappa shape index (κ3) is 1.96. The summed E-state index contributed by atoms with van der Waals surface area (Å²) in [5, 5.41) is 14.1. The van der Waals surface area contributed by atoms with Gasteiger partial charge in [-0.15, -0.1) is 0 Å². The number of aliphatic hydroxyl groups excluding tert-OH is 1. The Labute approximate surface area is 93.6 Å². The van der Waals surface area contributed by atoms with E-state index in [9.17, 15) is 5.11 Å². The van der Waals surface area contributed by atoms with Crippen LogP contribution in [0.4, 0.5) is 0 Å². The smallest absolute Gasteiger partial charge is 0.138 e. The SMILES string of the molecule is CCn1ncnc1CC(O)c1cncn1C. The lowest BCUT2D eigenvalue weighted by atomic mass is 10.2. The van der Waals surface area contributed by atoms with Gasteiger partial charge in [-0.2, -0.15) is 5.10 Å². The third-order valence-electron chi connectivity index (χ3n) is 2.57. The van der Waals surface area contributed by atoms with Crippen LogP contribution in [-0.2, 0) is 20.0 Å². The first kappa shape index (κ1) is 10.8. The van der Waals surface area contributed by atoms with Crippen LogP contribution in [0.2, 0.25) is 0 Å². The van der Waals surface area contributed by atoms with Crippen LogP contribution < -0.4 is 0 Å². The van der Waals surface area contributed by atoms with Gasteiger partial charge < -0.3 is 9.67 Å². The number of hydrogen-bond acceptors (Lipinski definition) is 4. The molecular formula is C10H15N5O. The van der Waals surface area contributed by atoms with Crippen LogP contribution in [0.15, 0.2) is 18.9 Å². The van der Waals surface area contributed by atoms with Gasteiger partial charge in [0, 0.05) is 20.0 Å². The molecule has 0 aliphatic rings. The lowest BCUT2D eigenvalue weighted by molar-refractivity contribution is 0.166. The first-order valence-electron chi connectivity index (χ1n) is 5.23. The van der Waals surface area contributed by atoms with Gasteiger partial charge in [0.2, 0.25) is 0 Å². The summed E-state index contributed by atoms with van der Waals surface area (Å²) in [6.45, 7) is 2.75. The van der Waals surface area contributed by atoms with Gasteiger partial charge >= 0.3 is 0 Å². The molecule has 0 aliphatic carbocycles. The molecule has 0 aromatic carbocycles. The molecule has 0 fully saturated rings. The zero-order chi connectivity index (χ0) is 11.5. The van der Waals surface area contributed by atoms with Gasteiger partial charge in [-0.25, -0.2) is 9.97 Å². The number of aliphatic hydroxyl groups is 1. The van der Waals surface area contributed by atoms with Crippen LogP contribution in [0.3, 0.4) is 0 Å².